The van der Waals surface area contributed by atoms with Crippen LogP contribution in [0.5, 0.6) is 0 Å². The highest BCUT2D eigenvalue weighted by molar-refractivity contribution is 7.90. The first-order chi connectivity index (χ1) is 3.85. The fraction of sp³-hybridized carbons (Fsp3) is 0.200. The second-order valence-electron chi connectivity index (χ2n) is 1.68. The zero-order valence-corrected chi connectivity index (χ0v) is 5.90. The minimum absolute atomic E-state index is 0.248. The van der Waals surface area contributed by atoms with Gasteiger partial charge in [-0.2, -0.15) is 8.42 Å². The van der Waals surface area contributed by atoms with Crippen LogP contribution in [0.25, 0.3) is 0 Å². The van der Waals surface area contributed by atoms with Crippen LogP contribution in [0.2, 0.25) is 0 Å². The largest absolute Gasteiger partial charge is 0.294 e. The minimum Gasteiger partial charge on any atom is -0.282 e. The summed E-state index contributed by atoms with van der Waals surface area (Å²) in [5.74, 6) is 0. The molecule has 0 aliphatic rings. The number of rotatable bonds is 2. The van der Waals surface area contributed by atoms with Crippen LogP contribution >= 0.6 is 0 Å². The molecule has 9 heavy (non-hydrogen) atoms. The highest BCUT2D eigenvalue weighted by Gasteiger charge is 2.09. The maximum Gasteiger partial charge on any atom is 0.294 e. The maximum atomic E-state index is 10.2. The topological polar surface area (TPSA) is 54.4 Å². The molecule has 0 saturated carbocycles. The van der Waals surface area contributed by atoms with Crippen LogP contribution in [0, 0.1) is 0 Å². The summed E-state index contributed by atoms with van der Waals surface area (Å²) in [5, 5.41) is 0. The Labute approximate surface area is 54.4 Å². The quantitative estimate of drug-likeness (QED) is 0.469. The Morgan fingerprint density at radius 1 is 1.44 bits per heavy atom. The number of hydrogen-bond donors (Lipinski definition) is 1. The zero-order chi connectivity index (χ0) is 7.65. The lowest BCUT2D eigenvalue weighted by Crippen LogP contribution is -2.00. The number of hydrogen-bond acceptors (Lipinski definition) is 2. The minimum atomic E-state index is -4.10. The summed E-state index contributed by atoms with van der Waals surface area (Å²) >= 11 is 0. The standard InChI is InChI=1S/C5H8O3S/c1-4(2)5(3)9(6,7)8/h1,3H2,2H3,(H,6,7,8). The molecule has 0 saturated heterocycles. The van der Waals surface area contributed by atoms with Gasteiger partial charge in [0.15, 0.2) is 0 Å². The van der Waals surface area contributed by atoms with E-state index in [1.165, 1.54) is 6.92 Å². The fourth-order valence-electron chi connectivity index (χ4n) is 0.220. The van der Waals surface area contributed by atoms with E-state index in [4.69, 9.17) is 4.55 Å². The molecule has 0 aliphatic heterocycles. The van der Waals surface area contributed by atoms with Crippen molar-refractivity contribution >= 4 is 10.1 Å². The van der Waals surface area contributed by atoms with E-state index in [0.717, 1.165) is 0 Å². The lowest BCUT2D eigenvalue weighted by molar-refractivity contribution is 0.492. The number of allylic oxidation sites excluding steroid dienone is 1. The van der Waals surface area contributed by atoms with E-state index in [9.17, 15) is 8.42 Å². The van der Waals surface area contributed by atoms with Crippen LogP contribution in [0.3, 0.4) is 0 Å². The molecule has 0 aromatic rings. The van der Waals surface area contributed by atoms with Gasteiger partial charge in [-0.25, -0.2) is 0 Å². The van der Waals surface area contributed by atoms with Crippen molar-refractivity contribution in [1.82, 2.24) is 0 Å². The second-order valence-corrected chi connectivity index (χ2v) is 3.12. The molecule has 3 nitrogen and oxygen atoms in total. The van der Waals surface area contributed by atoms with Gasteiger partial charge in [0, 0.05) is 0 Å². The molecule has 0 heterocycles. The normalized spacial score (nSPS) is 10.9. The predicted octanol–water partition coefficient (Wildman–Crippen LogP) is 0.964. The van der Waals surface area contributed by atoms with Crippen LogP contribution < -0.4 is 0 Å². The molecule has 0 fully saturated rings. The van der Waals surface area contributed by atoms with Crippen molar-refractivity contribution in [2.24, 2.45) is 0 Å². The second kappa shape index (κ2) is 2.33. The van der Waals surface area contributed by atoms with Crippen molar-refractivity contribution in [1.29, 1.82) is 0 Å². The lowest BCUT2D eigenvalue weighted by atomic mass is 10.3. The summed E-state index contributed by atoms with van der Waals surface area (Å²) < 4.78 is 28.6. The van der Waals surface area contributed by atoms with E-state index < -0.39 is 10.1 Å². The molecule has 1 N–H and O–H groups in total. The van der Waals surface area contributed by atoms with Crippen molar-refractivity contribution in [3.8, 4) is 0 Å². The molecule has 0 spiro atoms. The lowest BCUT2D eigenvalue weighted by Gasteiger charge is -1.96. The molecule has 52 valence electrons. The molecule has 0 unspecified atom stereocenters. The van der Waals surface area contributed by atoms with Gasteiger partial charge in [0.2, 0.25) is 0 Å². The van der Waals surface area contributed by atoms with Crippen molar-refractivity contribution in [2.45, 2.75) is 6.92 Å². The van der Waals surface area contributed by atoms with Crippen molar-refractivity contribution in [2.75, 3.05) is 0 Å². The Morgan fingerprint density at radius 3 is 1.78 bits per heavy atom. The highest BCUT2D eigenvalue weighted by atomic mass is 32.2. The Balaban J connectivity index is 4.66. The maximum absolute atomic E-state index is 10.2. The van der Waals surface area contributed by atoms with Crippen LogP contribution in [0.4, 0.5) is 0 Å². The summed E-state index contributed by atoms with van der Waals surface area (Å²) in [6.07, 6.45) is 0. The summed E-state index contributed by atoms with van der Waals surface area (Å²) in [7, 11) is -4.10. The molecule has 0 atom stereocenters. The Bertz CT molecular complexity index is 235. The van der Waals surface area contributed by atoms with Gasteiger partial charge in [-0.15, -0.1) is 0 Å². The Morgan fingerprint density at radius 2 is 1.78 bits per heavy atom. The van der Waals surface area contributed by atoms with Gasteiger partial charge in [0.05, 0.1) is 4.91 Å². The van der Waals surface area contributed by atoms with Gasteiger partial charge in [-0.1, -0.05) is 13.2 Å². The molecule has 0 bridgehead atoms. The summed E-state index contributed by atoms with van der Waals surface area (Å²) in [5.41, 5.74) is 0.248. The van der Waals surface area contributed by atoms with Gasteiger partial charge in [-0.3, -0.25) is 4.55 Å². The third-order valence-corrected chi connectivity index (χ3v) is 1.76. The van der Waals surface area contributed by atoms with Gasteiger partial charge in [0.1, 0.15) is 0 Å². The first-order valence-corrected chi connectivity index (χ1v) is 3.62. The van der Waals surface area contributed by atoms with Crippen LogP contribution in [0.1, 0.15) is 6.92 Å². The Kier molecular flexibility index (Phi) is 2.17. The monoisotopic (exact) mass is 148 g/mol. The third kappa shape index (κ3) is 2.43. The molecule has 0 rings (SSSR count). The van der Waals surface area contributed by atoms with Gasteiger partial charge in [0.25, 0.3) is 10.1 Å². The van der Waals surface area contributed by atoms with Crippen LogP contribution in [-0.2, 0) is 10.1 Å². The summed E-state index contributed by atoms with van der Waals surface area (Å²) in [4.78, 5) is -0.331. The van der Waals surface area contributed by atoms with Crippen molar-refractivity contribution < 1.29 is 13.0 Å². The third-order valence-electron chi connectivity index (χ3n) is 0.787. The van der Waals surface area contributed by atoms with Gasteiger partial charge >= 0.3 is 0 Å². The molecule has 0 amide bonds. The average Bonchev–Trinajstić information content (AvgIpc) is 1.62. The van der Waals surface area contributed by atoms with Crippen LogP contribution in [-0.4, -0.2) is 13.0 Å². The molecular formula is C5H8O3S. The fourth-order valence-corrected chi connectivity index (χ4v) is 0.661. The van der Waals surface area contributed by atoms with E-state index in [1.54, 1.807) is 0 Å². The molecular weight excluding hydrogens is 140 g/mol. The first-order valence-electron chi connectivity index (χ1n) is 2.18. The van der Waals surface area contributed by atoms with Crippen molar-refractivity contribution in [3.63, 3.8) is 0 Å². The van der Waals surface area contributed by atoms with Gasteiger partial charge < -0.3 is 0 Å². The predicted molar refractivity (Wildman–Crippen MR) is 35.5 cm³/mol. The van der Waals surface area contributed by atoms with E-state index in [0.29, 0.717) is 0 Å². The molecule has 0 radical (unpaired) electrons. The van der Waals surface area contributed by atoms with E-state index in [1.807, 2.05) is 0 Å². The van der Waals surface area contributed by atoms with Crippen molar-refractivity contribution in [3.05, 3.63) is 23.6 Å². The van der Waals surface area contributed by atoms with Crippen LogP contribution in [0.15, 0.2) is 23.6 Å². The summed E-state index contributed by atoms with van der Waals surface area (Å²) in [6, 6.07) is 0. The zero-order valence-electron chi connectivity index (χ0n) is 5.09. The average molecular weight is 148 g/mol. The smallest absolute Gasteiger partial charge is 0.282 e. The first kappa shape index (κ1) is 8.39. The van der Waals surface area contributed by atoms with E-state index in [-0.39, 0.29) is 10.5 Å². The molecule has 0 aromatic carbocycles. The summed E-state index contributed by atoms with van der Waals surface area (Å²) in [6.45, 7) is 7.83. The van der Waals surface area contributed by atoms with E-state index in [2.05, 4.69) is 13.2 Å². The molecule has 0 aromatic heterocycles. The Hall–Kier alpha value is -0.610. The van der Waals surface area contributed by atoms with Gasteiger partial charge in [-0.05, 0) is 12.5 Å². The molecule has 0 aliphatic carbocycles. The van der Waals surface area contributed by atoms with E-state index >= 15 is 0 Å². The molecule has 4 heteroatoms. The highest BCUT2D eigenvalue weighted by Crippen LogP contribution is 2.09. The SMILES string of the molecule is C=C(C)C(=C)S(=O)(=O)O.